The molecular weight excluding hydrogens is 346 g/mol. The van der Waals surface area contributed by atoms with Crippen molar-refractivity contribution < 1.29 is 9.59 Å². The Bertz CT molecular complexity index is 443. The van der Waals surface area contributed by atoms with Gasteiger partial charge >= 0.3 is 0 Å². The number of nitrogens with one attached hydrogen (secondary N) is 2. The van der Waals surface area contributed by atoms with Gasteiger partial charge < -0.3 is 16.4 Å². The van der Waals surface area contributed by atoms with Crippen LogP contribution in [0.5, 0.6) is 0 Å². The van der Waals surface area contributed by atoms with E-state index in [9.17, 15) is 9.59 Å². The highest BCUT2D eigenvalue weighted by molar-refractivity contribution is 9.10. The van der Waals surface area contributed by atoms with Gasteiger partial charge in [0.2, 0.25) is 5.91 Å². The van der Waals surface area contributed by atoms with Gasteiger partial charge in [-0.05, 0) is 37.6 Å². The zero-order valence-corrected chi connectivity index (χ0v) is 13.4. The van der Waals surface area contributed by atoms with Gasteiger partial charge in [-0.1, -0.05) is 22.0 Å². The van der Waals surface area contributed by atoms with E-state index in [1.165, 1.54) is 0 Å². The second kappa shape index (κ2) is 10.7. The second-order valence-electron chi connectivity index (χ2n) is 4.04. The summed E-state index contributed by atoms with van der Waals surface area (Å²) < 4.78 is 0.825. The van der Waals surface area contributed by atoms with Crippen molar-refractivity contribution in [3.05, 3.63) is 34.3 Å². The summed E-state index contributed by atoms with van der Waals surface area (Å²) in [6, 6.07) is 7.00. The summed E-state index contributed by atoms with van der Waals surface area (Å²) in [7, 11) is 0. The fourth-order valence-electron chi connectivity index (χ4n) is 1.45. The Morgan fingerprint density at radius 3 is 2.60 bits per heavy atom. The minimum Gasteiger partial charge on any atom is -0.355 e. The molecule has 0 spiro atoms. The van der Waals surface area contributed by atoms with Crippen molar-refractivity contribution in [2.24, 2.45) is 5.73 Å². The molecule has 5 nitrogen and oxygen atoms in total. The van der Waals surface area contributed by atoms with Gasteiger partial charge in [-0.25, -0.2) is 0 Å². The van der Waals surface area contributed by atoms with Gasteiger partial charge in [-0.2, -0.15) is 0 Å². The zero-order chi connectivity index (χ0) is 14.1. The van der Waals surface area contributed by atoms with Crippen molar-refractivity contribution >= 4 is 40.2 Å². The minimum atomic E-state index is -0.265. The van der Waals surface area contributed by atoms with Gasteiger partial charge in [0, 0.05) is 16.6 Å². The molecule has 0 unspecified atom stereocenters. The lowest BCUT2D eigenvalue weighted by atomic mass is 10.2. The topological polar surface area (TPSA) is 84.2 Å². The molecule has 0 aliphatic rings. The summed E-state index contributed by atoms with van der Waals surface area (Å²) in [5.74, 6) is -0.459. The van der Waals surface area contributed by atoms with Crippen LogP contribution >= 0.6 is 28.3 Å². The molecule has 0 radical (unpaired) electrons. The molecule has 2 amide bonds. The van der Waals surface area contributed by atoms with Crippen molar-refractivity contribution in [2.45, 2.75) is 12.8 Å². The standard InChI is InChI=1S/C13H18BrN3O2.ClH/c14-11-5-3-4-10(8-11)13(19)17-9-12(18)16-7-2-1-6-15;/h3-5,8H,1-2,6-7,9,15H2,(H,16,18)(H,17,19);1H. The van der Waals surface area contributed by atoms with E-state index in [4.69, 9.17) is 5.73 Å². The van der Waals surface area contributed by atoms with Gasteiger partial charge in [0.1, 0.15) is 0 Å². The Balaban J connectivity index is 0.00000361. The van der Waals surface area contributed by atoms with Crippen LogP contribution in [0.25, 0.3) is 0 Å². The zero-order valence-electron chi connectivity index (χ0n) is 11.0. The maximum atomic E-state index is 11.7. The summed E-state index contributed by atoms with van der Waals surface area (Å²) >= 11 is 3.29. The number of hydrogen-bond donors (Lipinski definition) is 3. The number of carbonyl (C=O) groups is 2. The number of carbonyl (C=O) groups excluding carboxylic acids is 2. The maximum Gasteiger partial charge on any atom is 0.251 e. The van der Waals surface area contributed by atoms with Crippen LogP contribution in [-0.4, -0.2) is 31.4 Å². The molecule has 0 bridgehead atoms. The smallest absolute Gasteiger partial charge is 0.251 e. The van der Waals surface area contributed by atoms with Crippen molar-refractivity contribution in [3.63, 3.8) is 0 Å². The Morgan fingerprint density at radius 2 is 1.95 bits per heavy atom. The molecule has 0 saturated carbocycles. The van der Waals surface area contributed by atoms with Crippen LogP contribution in [0, 0.1) is 0 Å². The summed E-state index contributed by atoms with van der Waals surface area (Å²) in [5, 5.41) is 5.29. The summed E-state index contributed by atoms with van der Waals surface area (Å²) in [6.07, 6.45) is 1.73. The normalized spacial score (nSPS) is 9.50. The van der Waals surface area contributed by atoms with E-state index in [0.29, 0.717) is 18.7 Å². The quantitative estimate of drug-likeness (QED) is 0.640. The van der Waals surface area contributed by atoms with Crippen LogP contribution in [-0.2, 0) is 4.79 Å². The Hall–Kier alpha value is -1.11. The largest absolute Gasteiger partial charge is 0.355 e. The molecule has 1 rings (SSSR count). The van der Waals surface area contributed by atoms with Gasteiger partial charge in [-0.3, -0.25) is 9.59 Å². The first-order valence-corrected chi connectivity index (χ1v) is 6.93. The maximum absolute atomic E-state index is 11.7. The molecule has 0 saturated heterocycles. The number of amides is 2. The molecule has 1 aromatic carbocycles. The molecule has 7 heteroatoms. The first-order chi connectivity index (χ1) is 9.13. The Morgan fingerprint density at radius 1 is 1.20 bits per heavy atom. The highest BCUT2D eigenvalue weighted by Gasteiger charge is 2.07. The average Bonchev–Trinajstić information content (AvgIpc) is 2.41. The molecule has 0 heterocycles. The summed E-state index contributed by atoms with van der Waals surface area (Å²) in [4.78, 5) is 23.2. The molecule has 0 aromatic heterocycles. The third-order valence-corrected chi connectivity index (χ3v) is 2.94. The second-order valence-corrected chi connectivity index (χ2v) is 4.95. The van der Waals surface area contributed by atoms with Crippen LogP contribution in [0.3, 0.4) is 0 Å². The number of hydrogen-bond acceptors (Lipinski definition) is 3. The first-order valence-electron chi connectivity index (χ1n) is 6.14. The summed E-state index contributed by atoms with van der Waals surface area (Å²) in [5.41, 5.74) is 5.87. The molecule has 0 fully saturated rings. The lowest BCUT2D eigenvalue weighted by molar-refractivity contribution is -0.120. The number of nitrogens with two attached hydrogens (primary N) is 1. The van der Waals surface area contributed by atoms with Crippen molar-refractivity contribution in [1.29, 1.82) is 0 Å². The molecule has 4 N–H and O–H groups in total. The molecule has 0 aliphatic heterocycles. The van der Waals surface area contributed by atoms with Crippen LogP contribution in [0.4, 0.5) is 0 Å². The van der Waals surface area contributed by atoms with Gasteiger partial charge in [-0.15, -0.1) is 12.4 Å². The van der Waals surface area contributed by atoms with E-state index in [0.717, 1.165) is 17.3 Å². The van der Waals surface area contributed by atoms with E-state index in [1.54, 1.807) is 18.2 Å². The lowest BCUT2D eigenvalue weighted by Gasteiger charge is -2.07. The van der Waals surface area contributed by atoms with Crippen molar-refractivity contribution in [3.8, 4) is 0 Å². The van der Waals surface area contributed by atoms with Gasteiger partial charge in [0.15, 0.2) is 0 Å². The Labute approximate surface area is 133 Å². The molecule has 1 aromatic rings. The fourth-order valence-corrected chi connectivity index (χ4v) is 1.85. The van der Waals surface area contributed by atoms with Crippen LogP contribution < -0.4 is 16.4 Å². The van der Waals surface area contributed by atoms with E-state index >= 15 is 0 Å². The van der Waals surface area contributed by atoms with E-state index in [-0.39, 0.29) is 30.8 Å². The average molecular weight is 365 g/mol. The van der Waals surface area contributed by atoms with E-state index < -0.39 is 0 Å². The van der Waals surface area contributed by atoms with E-state index in [2.05, 4.69) is 26.6 Å². The molecule has 112 valence electrons. The Kier molecular flexibility index (Phi) is 10.1. The van der Waals surface area contributed by atoms with Gasteiger partial charge in [0.25, 0.3) is 5.91 Å². The predicted molar refractivity (Wildman–Crippen MR) is 85.0 cm³/mol. The predicted octanol–water partition coefficient (Wildman–Crippen LogP) is 1.46. The van der Waals surface area contributed by atoms with Crippen LogP contribution in [0.1, 0.15) is 23.2 Å². The van der Waals surface area contributed by atoms with Crippen molar-refractivity contribution in [1.82, 2.24) is 10.6 Å². The third-order valence-electron chi connectivity index (χ3n) is 2.45. The van der Waals surface area contributed by atoms with Crippen LogP contribution in [0.15, 0.2) is 28.7 Å². The number of rotatable bonds is 7. The number of benzene rings is 1. The van der Waals surface area contributed by atoms with Crippen LogP contribution in [0.2, 0.25) is 0 Å². The number of unbranched alkanes of at least 4 members (excludes halogenated alkanes) is 1. The molecule has 20 heavy (non-hydrogen) atoms. The van der Waals surface area contributed by atoms with Crippen molar-refractivity contribution in [2.75, 3.05) is 19.6 Å². The minimum absolute atomic E-state index is 0. The summed E-state index contributed by atoms with van der Waals surface area (Å²) in [6.45, 7) is 1.19. The lowest BCUT2D eigenvalue weighted by Crippen LogP contribution is -2.37. The highest BCUT2D eigenvalue weighted by atomic mass is 79.9. The molecular formula is C13H19BrClN3O2. The SMILES string of the molecule is Cl.NCCCCNC(=O)CNC(=O)c1cccc(Br)c1. The van der Waals surface area contributed by atoms with E-state index in [1.807, 2.05) is 6.07 Å². The third kappa shape index (κ3) is 7.47. The van der Waals surface area contributed by atoms with Gasteiger partial charge in [0.05, 0.1) is 6.54 Å². The first kappa shape index (κ1) is 18.9. The molecule has 0 aliphatic carbocycles. The monoisotopic (exact) mass is 363 g/mol. The fraction of sp³-hybridized carbons (Fsp3) is 0.385. The number of halogens is 2. The molecule has 0 atom stereocenters. The highest BCUT2D eigenvalue weighted by Crippen LogP contribution is 2.11.